The van der Waals surface area contributed by atoms with Gasteiger partial charge in [-0.25, -0.2) is 0 Å². The van der Waals surface area contributed by atoms with Crippen LogP contribution in [0.3, 0.4) is 0 Å². The SMILES string of the molecule is C=CCc1cnc(C=CC2=CCC=CC(CC)C2)c(CCn2ccnn2)c1. The van der Waals surface area contributed by atoms with Crippen molar-refractivity contribution in [1.29, 1.82) is 0 Å². The minimum atomic E-state index is 0.637. The average molecular weight is 361 g/mol. The Morgan fingerprint density at radius 2 is 2.26 bits per heavy atom. The van der Waals surface area contributed by atoms with Crippen molar-refractivity contribution in [3.8, 4) is 0 Å². The summed E-state index contributed by atoms with van der Waals surface area (Å²) in [5, 5.41) is 7.95. The van der Waals surface area contributed by atoms with Gasteiger partial charge in [-0.1, -0.05) is 54.2 Å². The van der Waals surface area contributed by atoms with Crippen LogP contribution in [0.1, 0.15) is 43.0 Å². The van der Waals surface area contributed by atoms with Gasteiger partial charge < -0.3 is 0 Å². The molecule has 2 heterocycles. The molecule has 0 saturated heterocycles. The molecule has 0 fully saturated rings. The molecule has 2 aromatic heterocycles. The highest BCUT2D eigenvalue weighted by molar-refractivity contribution is 5.54. The molecule has 1 atom stereocenters. The van der Waals surface area contributed by atoms with Crippen LogP contribution in [0, 0.1) is 5.92 Å². The number of aromatic nitrogens is 4. The number of hydrogen-bond acceptors (Lipinski definition) is 3. The van der Waals surface area contributed by atoms with Crippen molar-refractivity contribution < 1.29 is 0 Å². The highest BCUT2D eigenvalue weighted by Gasteiger charge is 2.08. The Labute approximate surface area is 162 Å². The van der Waals surface area contributed by atoms with E-state index in [9.17, 15) is 0 Å². The number of pyridine rings is 1. The quantitative estimate of drug-likeness (QED) is 0.625. The Kier molecular flexibility index (Phi) is 6.91. The maximum Gasteiger partial charge on any atom is 0.0692 e. The van der Waals surface area contributed by atoms with E-state index in [0.29, 0.717) is 5.92 Å². The fraction of sp³-hybridized carbons (Fsp3) is 0.348. The summed E-state index contributed by atoms with van der Waals surface area (Å²) in [7, 11) is 0. The van der Waals surface area contributed by atoms with Gasteiger partial charge in [0.05, 0.1) is 11.9 Å². The summed E-state index contributed by atoms with van der Waals surface area (Å²) >= 11 is 0. The van der Waals surface area contributed by atoms with Gasteiger partial charge in [0.25, 0.3) is 0 Å². The van der Waals surface area contributed by atoms with E-state index < -0.39 is 0 Å². The van der Waals surface area contributed by atoms with Crippen molar-refractivity contribution in [2.24, 2.45) is 5.92 Å². The number of aryl methyl sites for hydroxylation is 2. The van der Waals surface area contributed by atoms with Crippen LogP contribution in [0.25, 0.3) is 6.08 Å². The Morgan fingerprint density at radius 3 is 3.04 bits per heavy atom. The maximum atomic E-state index is 4.72. The van der Waals surface area contributed by atoms with E-state index in [1.54, 1.807) is 6.20 Å². The van der Waals surface area contributed by atoms with Crippen LogP contribution in [-0.2, 0) is 19.4 Å². The monoisotopic (exact) mass is 360 g/mol. The molecule has 1 aliphatic rings. The number of allylic oxidation sites excluding steroid dienone is 6. The van der Waals surface area contributed by atoms with E-state index in [0.717, 1.165) is 37.9 Å². The van der Waals surface area contributed by atoms with E-state index in [1.807, 2.05) is 23.2 Å². The Bertz CT molecular complexity index is 828. The molecule has 140 valence electrons. The topological polar surface area (TPSA) is 43.6 Å². The van der Waals surface area contributed by atoms with Gasteiger partial charge in [0.1, 0.15) is 0 Å². The van der Waals surface area contributed by atoms with Gasteiger partial charge in [-0.15, -0.1) is 11.7 Å². The second-order valence-electron chi connectivity index (χ2n) is 6.95. The standard InChI is InChI=1S/C23H28N4/c1-3-7-21-17-22(12-14-27-15-13-25-26-27)23(24-18-21)11-10-20-9-6-5-8-19(4-2)16-20/h3,5,8-11,13,15,17-19H,1,4,6-7,12,14,16H2,2H3. The Morgan fingerprint density at radius 1 is 1.33 bits per heavy atom. The molecule has 0 spiro atoms. The van der Waals surface area contributed by atoms with Crippen LogP contribution < -0.4 is 0 Å². The molecule has 4 nitrogen and oxygen atoms in total. The first-order valence-electron chi connectivity index (χ1n) is 9.75. The second kappa shape index (κ2) is 9.81. The van der Waals surface area contributed by atoms with Gasteiger partial charge in [0.2, 0.25) is 0 Å². The minimum Gasteiger partial charge on any atom is -0.256 e. The minimum absolute atomic E-state index is 0.637. The smallest absolute Gasteiger partial charge is 0.0692 e. The molecule has 0 aromatic carbocycles. The molecule has 27 heavy (non-hydrogen) atoms. The summed E-state index contributed by atoms with van der Waals surface area (Å²) in [4.78, 5) is 4.72. The van der Waals surface area contributed by atoms with E-state index in [2.05, 4.69) is 60.3 Å². The summed E-state index contributed by atoms with van der Waals surface area (Å²) in [5.74, 6) is 0.637. The van der Waals surface area contributed by atoms with E-state index in [1.165, 1.54) is 23.1 Å². The fourth-order valence-corrected chi connectivity index (χ4v) is 3.33. The van der Waals surface area contributed by atoms with E-state index >= 15 is 0 Å². The average Bonchev–Trinajstić information content (AvgIpc) is 3.10. The first-order valence-corrected chi connectivity index (χ1v) is 9.75. The molecule has 4 heteroatoms. The third-order valence-corrected chi connectivity index (χ3v) is 4.92. The van der Waals surface area contributed by atoms with Crippen molar-refractivity contribution in [2.75, 3.05) is 0 Å². The van der Waals surface area contributed by atoms with Crippen LogP contribution >= 0.6 is 0 Å². The first-order chi connectivity index (χ1) is 13.3. The predicted octanol–water partition coefficient (Wildman–Crippen LogP) is 4.96. The zero-order chi connectivity index (χ0) is 18.9. The Balaban J connectivity index is 1.78. The van der Waals surface area contributed by atoms with Crippen molar-refractivity contribution >= 4 is 6.08 Å². The van der Waals surface area contributed by atoms with Crippen molar-refractivity contribution in [2.45, 2.75) is 45.6 Å². The molecule has 0 bridgehead atoms. The summed E-state index contributed by atoms with van der Waals surface area (Å²) in [5.41, 5.74) is 4.86. The van der Waals surface area contributed by atoms with Crippen molar-refractivity contribution in [3.05, 3.63) is 84.0 Å². The number of rotatable bonds is 8. The fourth-order valence-electron chi connectivity index (χ4n) is 3.33. The molecular weight excluding hydrogens is 332 g/mol. The van der Waals surface area contributed by atoms with Crippen molar-refractivity contribution in [1.82, 2.24) is 20.0 Å². The lowest BCUT2D eigenvalue weighted by atomic mass is 9.97. The van der Waals surface area contributed by atoms with Gasteiger partial charge in [-0.2, -0.15) is 0 Å². The molecule has 0 radical (unpaired) electrons. The maximum absolute atomic E-state index is 4.72. The Hall–Kier alpha value is -2.75. The largest absolute Gasteiger partial charge is 0.256 e. The molecular formula is C23H28N4. The molecule has 0 saturated carbocycles. The molecule has 2 aromatic rings. The van der Waals surface area contributed by atoms with E-state index in [-0.39, 0.29) is 0 Å². The van der Waals surface area contributed by atoms with E-state index in [4.69, 9.17) is 4.98 Å². The molecule has 0 amide bonds. The number of nitrogens with zero attached hydrogens (tertiary/aromatic N) is 4. The van der Waals surface area contributed by atoms with Crippen LogP contribution in [0.5, 0.6) is 0 Å². The zero-order valence-corrected chi connectivity index (χ0v) is 16.1. The lowest BCUT2D eigenvalue weighted by Gasteiger charge is -2.10. The molecule has 0 N–H and O–H groups in total. The van der Waals surface area contributed by atoms with Gasteiger partial charge in [-0.05, 0) is 55.2 Å². The van der Waals surface area contributed by atoms with Crippen LogP contribution in [0.2, 0.25) is 0 Å². The third kappa shape index (κ3) is 5.61. The summed E-state index contributed by atoms with van der Waals surface area (Å²) < 4.78 is 1.86. The highest BCUT2D eigenvalue weighted by atomic mass is 15.4. The molecule has 3 rings (SSSR count). The normalized spacial score (nSPS) is 17.1. The van der Waals surface area contributed by atoms with Crippen LogP contribution in [0.4, 0.5) is 0 Å². The molecule has 1 unspecified atom stereocenters. The van der Waals surface area contributed by atoms with Gasteiger partial charge in [0, 0.05) is 18.9 Å². The van der Waals surface area contributed by atoms with Crippen LogP contribution in [0.15, 0.2) is 67.2 Å². The lowest BCUT2D eigenvalue weighted by Crippen LogP contribution is -2.05. The summed E-state index contributed by atoms with van der Waals surface area (Å²) in [6, 6.07) is 2.24. The first kappa shape index (κ1) is 19.0. The molecule has 0 aliphatic heterocycles. The third-order valence-electron chi connectivity index (χ3n) is 4.92. The van der Waals surface area contributed by atoms with Gasteiger partial charge in [0.15, 0.2) is 0 Å². The number of hydrogen-bond donors (Lipinski definition) is 0. The predicted molar refractivity (Wildman–Crippen MR) is 111 cm³/mol. The van der Waals surface area contributed by atoms with Gasteiger partial charge >= 0.3 is 0 Å². The zero-order valence-electron chi connectivity index (χ0n) is 16.1. The summed E-state index contributed by atoms with van der Waals surface area (Å²) in [6.07, 6.45) is 23.8. The lowest BCUT2D eigenvalue weighted by molar-refractivity contribution is 0.588. The van der Waals surface area contributed by atoms with Crippen LogP contribution in [-0.4, -0.2) is 20.0 Å². The van der Waals surface area contributed by atoms with Crippen molar-refractivity contribution in [3.63, 3.8) is 0 Å². The molecule has 1 aliphatic carbocycles. The second-order valence-corrected chi connectivity index (χ2v) is 6.95. The summed E-state index contributed by atoms with van der Waals surface area (Å²) in [6.45, 7) is 6.89. The van der Waals surface area contributed by atoms with Gasteiger partial charge in [-0.3, -0.25) is 9.67 Å². The highest BCUT2D eigenvalue weighted by Crippen LogP contribution is 2.23.